The van der Waals surface area contributed by atoms with Crippen LogP contribution in [0.15, 0.2) is 24.3 Å². The SMILES string of the molecule is CC(C)Oc1ccc(N2CC(C(=O)NCC3CCCO3)CC2=O)cc1. The summed E-state index contributed by atoms with van der Waals surface area (Å²) in [6.45, 7) is 5.66. The first-order chi connectivity index (χ1) is 12.0. The van der Waals surface area contributed by atoms with Crippen LogP contribution in [0.1, 0.15) is 33.1 Å². The summed E-state index contributed by atoms with van der Waals surface area (Å²) >= 11 is 0. The van der Waals surface area contributed by atoms with Gasteiger partial charge >= 0.3 is 0 Å². The molecule has 2 saturated heterocycles. The first-order valence-electron chi connectivity index (χ1n) is 8.99. The highest BCUT2D eigenvalue weighted by molar-refractivity contribution is 6.00. The first kappa shape index (κ1) is 17.7. The molecule has 2 unspecified atom stereocenters. The molecule has 0 radical (unpaired) electrons. The number of hydrogen-bond acceptors (Lipinski definition) is 4. The molecule has 1 aromatic carbocycles. The van der Waals surface area contributed by atoms with E-state index in [1.54, 1.807) is 4.90 Å². The molecule has 2 aliphatic rings. The number of anilines is 1. The molecule has 6 nitrogen and oxygen atoms in total. The summed E-state index contributed by atoms with van der Waals surface area (Å²) in [6.07, 6.45) is 2.51. The fourth-order valence-corrected chi connectivity index (χ4v) is 3.27. The predicted molar refractivity (Wildman–Crippen MR) is 94.6 cm³/mol. The van der Waals surface area contributed by atoms with Crippen molar-refractivity contribution < 1.29 is 19.1 Å². The van der Waals surface area contributed by atoms with Crippen molar-refractivity contribution in [3.05, 3.63) is 24.3 Å². The second-order valence-electron chi connectivity index (χ2n) is 6.95. The molecule has 0 bridgehead atoms. The lowest BCUT2D eigenvalue weighted by Crippen LogP contribution is -2.37. The molecule has 0 spiro atoms. The number of carbonyl (C=O) groups is 2. The van der Waals surface area contributed by atoms with E-state index in [9.17, 15) is 9.59 Å². The third-order valence-electron chi connectivity index (χ3n) is 4.54. The summed E-state index contributed by atoms with van der Waals surface area (Å²) in [6, 6.07) is 7.44. The van der Waals surface area contributed by atoms with Gasteiger partial charge in [-0.2, -0.15) is 0 Å². The van der Waals surface area contributed by atoms with Crippen molar-refractivity contribution in [2.75, 3.05) is 24.6 Å². The average Bonchev–Trinajstić information content (AvgIpc) is 3.22. The molecule has 1 aromatic rings. The molecule has 3 rings (SSSR count). The predicted octanol–water partition coefficient (Wildman–Crippen LogP) is 2.12. The molecule has 2 fully saturated rings. The Labute approximate surface area is 148 Å². The molecule has 2 atom stereocenters. The Morgan fingerprint density at radius 3 is 2.76 bits per heavy atom. The normalized spacial score (nSPS) is 23.3. The van der Waals surface area contributed by atoms with Crippen molar-refractivity contribution in [3.8, 4) is 5.75 Å². The number of nitrogens with zero attached hydrogens (tertiary/aromatic N) is 1. The van der Waals surface area contributed by atoms with Gasteiger partial charge < -0.3 is 19.7 Å². The highest BCUT2D eigenvalue weighted by Gasteiger charge is 2.35. The van der Waals surface area contributed by atoms with Crippen LogP contribution in [0, 0.1) is 5.92 Å². The van der Waals surface area contributed by atoms with Crippen LogP contribution in [0.3, 0.4) is 0 Å². The second-order valence-corrected chi connectivity index (χ2v) is 6.95. The van der Waals surface area contributed by atoms with Crippen LogP contribution in [-0.4, -0.2) is 43.7 Å². The Hall–Kier alpha value is -2.08. The van der Waals surface area contributed by atoms with Crippen molar-refractivity contribution in [2.24, 2.45) is 5.92 Å². The number of ether oxygens (including phenoxy) is 2. The number of benzene rings is 1. The van der Waals surface area contributed by atoms with Crippen LogP contribution in [0.4, 0.5) is 5.69 Å². The lowest BCUT2D eigenvalue weighted by atomic mass is 10.1. The topological polar surface area (TPSA) is 67.9 Å². The third kappa shape index (κ3) is 4.51. The van der Waals surface area contributed by atoms with Gasteiger partial charge in [0.05, 0.1) is 18.1 Å². The molecule has 0 aliphatic carbocycles. The van der Waals surface area contributed by atoms with E-state index >= 15 is 0 Å². The van der Waals surface area contributed by atoms with Crippen LogP contribution in [0.2, 0.25) is 0 Å². The highest BCUT2D eigenvalue weighted by Crippen LogP contribution is 2.27. The summed E-state index contributed by atoms with van der Waals surface area (Å²) < 4.78 is 11.1. The molecular weight excluding hydrogens is 320 g/mol. The molecule has 0 aromatic heterocycles. The second kappa shape index (κ2) is 7.87. The van der Waals surface area contributed by atoms with Crippen molar-refractivity contribution in [3.63, 3.8) is 0 Å². The van der Waals surface area contributed by atoms with Gasteiger partial charge in [0.25, 0.3) is 0 Å². The van der Waals surface area contributed by atoms with E-state index in [1.807, 2.05) is 38.1 Å². The zero-order chi connectivity index (χ0) is 17.8. The average molecular weight is 346 g/mol. The lowest BCUT2D eigenvalue weighted by Gasteiger charge is -2.18. The Morgan fingerprint density at radius 1 is 1.36 bits per heavy atom. The quantitative estimate of drug-likeness (QED) is 0.857. The largest absolute Gasteiger partial charge is 0.491 e. The fourth-order valence-electron chi connectivity index (χ4n) is 3.27. The summed E-state index contributed by atoms with van der Waals surface area (Å²) in [5.41, 5.74) is 0.801. The van der Waals surface area contributed by atoms with E-state index in [2.05, 4.69) is 5.32 Å². The van der Waals surface area contributed by atoms with E-state index in [0.717, 1.165) is 30.9 Å². The van der Waals surface area contributed by atoms with Crippen molar-refractivity contribution >= 4 is 17.5 Å². The van der Waals surface area contributed by atoms with Gasteiger partial charge in [0.1, 0.15) is 5.75 Å². The molecule has 0 saturated carbocycles. The Bertz CT molecular complexity index is 608. The molecule has 2 heterocycles. The summed E-state index contributed by atoms with van der Waals surface area (Å²) in [4.78, 5) is 26.3. The third-order valence-corrected chi connectivity index (χ3v) is 4.54. The van der Waals surface area contributed by atoms with Crippen LogP contribution in [0.5, 0.6) is 5.75 Å². The Kier molecular flexibility index (Phi) is 5.58. The maximum Gasteiger partial charge on any atom is 0.227 e. The number of hydrogen-bond donors (Lipinski definition) is 1. The highest BCUT2D eigenvalue weighted by atomic mass is 16.5. The van der Waals surface area contributed by atoms with Crippen molar-refractivity contribution in [1.29, 1.82) is 0 Å². The maximum atomic E-state index is 12.3. The van der Waals surface area contributed by atoms with Gasteiger partial charge in [0.15, 0.2) is 0 Å². The zero-order valence-electron chi connectivity index (χ0n) is 14.9. The summed E-state index contributed by atoms with van der Waals surface area (Å²) in [5.74, 6) is 0.387. The van der Waals surface area contributed by atoms with E-state index in [4.69, 9.17) is 9.47 Å². The van der Waals surface area contributed by atoms with Crippen molar-refractivity contribution in [2.45, 2.75) is 45.3 Å². The standard InChI is InChI=1S/C19H26N2O4/c1-13(2)25-16-7-5-15(6-8-16)21-12-14(10-18(21)22)19(23)20-11-17-4-3-9-24-17/h5-8,13-14,17H,3-4,9-12H2,1-2H3,(H,20,23). The molecule has 2 aliphatic heterocycles. The van der Waals surface area contributed by atoms with Crippen LogP contribution >= 0.6 is 0 Å². The molecule has 25 heavy (non-hydrogen) atoms. The number of carbonyl (C=O) groups excluding carboxylic acids is 2. The number of amides is 2. The number of rotatable bonds is 6. The number of nitrogens with one attached hydrogen (secondary N) is 1. The lowest BCUT2D eigenvalue weighted by molar-refractivity contribution is -0.126. The van der Waals surface area contributed by atoms with E-state index in [0.29, 0.717) is 13.1 Å². The maximum absolute atomic E-state index is 12.3. The van der Waals surface area contributed by atoms with Gasteiger partial charge in [-0.05, 0) is 51.0 Å². The minimum Gasteiger partial charge on any atom is -0.491 e. The van der Waals surface area contributed by atoms with Crippen molar-refractivity contribution in [1.82, 2.24) is 5.32 Å². The van der Waals surface area contributed by atoms with E-state index in [1.165, 1.54) is 0 Å². The van der Waals surface area contributed by atoms with Gasteiger partial charge in [0.2, 0.25) is 11.8 Å². The molecule has 136 valence electrons. The Balaban J connectivity index is 1.55. The van der Waals surface area contributed by atoms with Crippen LogP contribution < -0.4 is 15.0 Å². The zero-order valence-corrected chi connectivity index (χ0v) is 14.9. The van der Waals surface area contributed by atoms with Gasteiger partial charge in [-0.3, -0.25) is 9.59 Å². The molecule has 6 heteroatoms. The smallest absolute Gasteiger partial charge is 0.227 e. The van der Waals surface area contributed by atoms with E-state index in [-0.39, 0.29) is 36.4 Å². The van der Waals surface area contributed by atoms with Crippen LogP contribution in [-0.2, 0) is 14.3 Å². The fraction of sp³-hybridized carbons (Fsp3) is 0.579. The summed E-state index contributed by atoms with van der Waals surface area (Å²) in [7, 11) is 0. The van der Waals surface area contributed by atoms with Gasteiger partial charge in [-0.15, -0.1) is 0 Å². The first-order valence-corrected chi connectivity index (χ1v) is 8.99. The Morgan fingerprint density at radius 2 is 2.12 bits per heavy atom. The monoisotopic (exact) mass is 346 g/mol. The van der Waals surface area contributed by atoms with Crippen LogP contribution in [0.25, 0.3) is 0 Å². The molecule has 1 N–H and O–H groups in total. The molecule has 2 amide bonds. The molecular formula is C19H26N2O4. The van der Waals surface area contributed by atoms with E-state index < -0.39 is 0 Å². The minimum atomic E-state index is -0.305. The minimum absolute atomic E-state index is 0.0187. The van der Waals surface area contributed by atoms with Gasteiger partial charge in [0, 0.05) is 31.8 Å². The van der Waals surface area contributed by atoms with Gasteiger partial charge in [-0.25, -0.2) is 0 Å². The van der Waals surface area contributed by atoms with Gasteiger partial charge in [-0.1, -0.05) is 0 Å². The summed E-state index contributed by atoms with van der Waals surface area (Å²) in [5, 5.41) is 2.93.